The summed E-state index contributed by atoms with van der Waals surface area (Å²) in [7, 11) is -3.66. The van der Waals surface area contributed by atoms with Gasteiger partial charge in [-0.2, -0.15) is 0 Å². The van der Waals surface area contributed by atoms with Crippen molar-refractivity contribution in [1.82, 2.24) is 0 Å². The Balaban J connectivity index is 2.65. The molecule has 0 saturated carbocycles. The molecule has 0 spiro atoms. The second-order valence-electron chi connectivity index (χ2n) is 2.09. The molecular weight excluding hydrogens is 143 g/mol. The standard InChI is InChI=1S/C4H9O4P/c1-3-4(2)8-9(5,6)7-3/h3-4H,1-2H3,(H,5,6)/t3-,4-/m0/s1. The van der Waals surface area contributed by atoms with Gasteiger partial charge in [-0.1, -0.05) is 0 Å². The van der Waals surface area contributed by atoms with Crippen LogP contribution >= 0.6 is 7.82 Å². The third-order valence-corrected chi connectivity index (χ3v) is 2.46. The summed E-state index contributed by atoms with van der Waals surface area (Å²) in [5.74, 6) is 0. The minimum Gasteiger partial charge on any atom is -0.302 e. The van der Waals surface area contributed by atoms with Gasteiger partial charge in [-0.25, -0.2) is 4.57 Å². The van der Waals surface area contributed by atoms with E-state index in [0.717, 1.165) is 0 Å². The summed E-state index contributed by atoms with van der Waals surface area (Å²) in [6, 6.07) is 0. The summed E-state index contributed by atoms with van der Waals surface area (Å²) in [4.78, 5) is 8.65. The lowest BCUT2D eigenvalue weighted by Gasteiger charge is -2.00. The zero-order valence-electron chi connectivity index (χ0n) is 5.27. The first-order chi connectivity index (χ1) is 4.01. The molecule has 9 heavy (non-hydrogen) atoms. The van der Waals surface area contributed by atoms with Crippen LogP contribution in [-0.4, -0.2) is 17.1 Å². The molecular formula is C4H9O4P. The number of phosphoric acid groups is 1. The highest BCUT2D eigenvalue weighted by Crippen LogP contribution is 2.52. The summed E-state index contributed by atoms with van der Waals surface area (Å²) < 4.78 is 19.6. The van der Waals surface area contributed by atoms with Gasteiger partial charge in [0.05, 0.1) is 12.2 Å². The predicted molar refractivity (Wildman–Crippen MR) is 30.9 cm³/mol. The van der Waals surface area contributed by atoms with Crippen LogP contribution in [0.15, 0.2) is 0 Å². The van der Waals surface area contributed by atoms with Crippen LogP contribution < -0.4 is 0 Å². The predicted octanol–water partition coefficient (Wildman–Crippen LogP) is 0.911. The van der Waals surface area contributed by atoms with Gasteiger partial charge in [0.25, 0.3) is 0 Å². The molecule has 2 atom stereocenters. The average Bonchev–Trinajstić information content (AvgIpc) is 1.79. The van der Waals surface area contributed by atoms with Gasteiger partial charge < -0.3 is 4.89 Å². The topological polar surface area (TPSA) is 55.8 Å². The molecule has 0 aliphatic carbocycles. The van der Waals surface area contributed by atoms with E-state index in [1.54, 1.807) is 13.8 Å². The van der Waals surface area contributed by atoms with Crippen molar-refractivity contribution in [2.24, 2.45) is 0 Å². The Morgan fingerprint density at radius 2 is 1.67 bits per heavy atom. The second-order valence-corrected chi connectivity index (χ2v) is 3.45. The summed E-state index contributed by atoms with van der Waals surface area (Å²) in [6.45, 7) is 3.39. The maximum Gasteiger partial charge on any atom is 0.472 e. The molecule has 1 heterocycles. The van der Waals surface area contributed by atoms with Gasteiger partial charge in [0.1, 0.15) is 0 Å². The summed E-state index contributed by atoms with van der Waals surface area (Å²) in [5.41, 5.74) is 0. The first kappa shape index (κ1) is 7.22. The van der Waals surface area contributed by atoms with Crippen molar-refractivity contribution in [3.63, 3.8) is 0 Å². The summed E-state index contributed by atoms with van der Waals surface area (Å²) in [5, 5.41) is 0. The largest absolute Gasteiger partial charge is 0.472 e. The first-order valence-electron chi connectivity index (χ1n) is 2.71. The Kier molecular flexibility index (Phi) is 1.65. The van der Waals surface area contributed by atoms with Gasteiger partial charge in [0, 0.05) is 0 Å². The van der Waals surface area contributed by atoms with Crippen molar-refractivity contribution in [2.45, 2.75) is 26.1 Å². The van der Waals surface area contributed by atoms with Crippen LogP contribution in [0, 0.1) is 0 Å². The smallest absolute Gasteiger partial charge is 0.302 e. The lowest BCUT2D eigenvalue weighted by Crippen LogP contribution is -2.13. The molecule has 0 radical (unpaired) electrons. The van der Waals surface area contributed by atoms with Crippen LogP contribution in [0.4, 0.5) is 0 Å². The number of hydrogen-bond donors (Lipinski definition) is 1. The van der Waals surface area contributed by atoms with Crippen molar-refractivity contribution in [3.05, 3.63) is 0 Å². The lowest BCUT2D eigenvalue weighted by molar-refractivity contribution is 0.187. The van der Waals surface area contributed by atoms with Gasteiger partial charge in [-0.3, -0.25) is 9.05 Å². The Bertz CT molecular complexity index is 143. The van der Waals surface area contributed by atoms with E-state index in [4.69, 9.17) is 4.89 Å². The minimum absolute atomic E-state index is 0.277. The van der Waals surface area contributed by atoms with E-state index < -0.39 is 7.82 Å². The molecule has 0 unspecified atom stereocenters. The average molecular weight is 152 g/mol. The molecule has 4 nitrogen and oxygen atoms in total. The molecule has 0 amide bonds. The van der Waals surface area contributed by atoms with E-state index in [-0.39, 0.29) is 12.2 Å². The molecule has 0 bridgehead atoms. The number of phosphoric ester groups is 1. The molecule has 1 N–H and O–H groups in total. The van der Waals surface area contributed by atoms with Crippen LogP contribution in [0.3, 0.4) is 0 Å². The molecule has 1 rings (SSSR count). The molecule has 0 aromatic rings. The Morgan fingerprint density at radius 3 is 1.78 bits per heavy atom. The molecule has 0 aromatic heterocycles. The fourth-order valence-corrected chi connectivity index (χ4v) is 1.85. The molecule has 5 heteroatoms. The molecule has 1 aliphatic heterocycles. The van der Waals surface area contributed by atoms with Crippen LogP contribution in [0.5, 0.6) is 0 Å². The maximum absolute atomic E-state index is 10.5. The quantitative estimate of drug-likeness (QED) is 0.524. The van der Waals surface area contributed by atoms with Crippen molar-refractivity contribution < 1.29 is 18.5 Å². The van der Waals surface area contributed by atoms with E-state index in [1.165, 1.54) is 0 Å². The molecule has 1 saturated heterocycles. The van der Waals surface area contributed by atoms with Gasteiger partial charge in [-0.15, -0.1) is 0 Å². The summed E-state index contributed by atoms with van der Waals surface area (Å²) >= 11 is 0. The van der Waals surface area contributed by atoms with Gasteiger partial charge in [-0.05, 0) is 13.8 Å². The number of rotatable bonds is 0. The highest BCUT2D eigenvalue weighted by molar-refractivity contribution is 7.47. The van der Waals surface area contributed by atoms with E-state index >= 15 is 0 Å². The third kappa shape index (κ3) is 1.52. The monoisotopic (exact) mass is 152 g/mol. The van der Waals surface area contributed by atoms with Gasteiger partial charge in [0.15, 0.2) is 0 Å². The Hall–Kier alpha value is 0.110. The highest BCUT2D eigenvalue weighted by atomic mass is 31.2. The first-order valence-corrected chi connectivity index (χ1v) is 4.20. The Labute approximate surface area is 53.4 Å². The minimum atomic E-state index is -3.66. The van der Waals surface area contributed by atoms with E-state index in [2.05, 4.69) is 9.05 Å². The second kappa shape index (κ2) is 2.06. The molecule has 1 aliphatic rings. The van der Waals surface area contributed by atoms with Crippen molar-refractivity contribution in [2.75, 3.05) is 0 Å². The van der Waals surface area contributed by atoms with E-state index in [0.29, 0.717) is 0 Å². The van der Waals surface area contributed by atoms with Crippen molar-refractivity contribution in [1.29, 1.82) is 0 Å². The van der Waals surface area contributed by atoms with Crippen LogP contribution in [0.25, 0.3) is 0 Å². The lowest BCUT2D eigenvalue weighted by atomic mass is 10.3. The van der Waals surface area contributed by atoms with Crippen LogP contribution in [0.2, 0.25) is 0 Å². The summed E-state index contributed by atoms with van der Waals surface area (Å²) in [6.07, 6.45) is -0.554. The molecule has 1 fully saturated rings. The number of hydrogen-bond acceptors (Lipinski definition) is 3. The van der Waals surface area contributed by atoms with Crippen molar-refractivity contribution in [3.8, 4) is 0 Å². The highest BCUT2D eigenvalue weighted by Gasteiger charge is 2.38. The maximum atomic E-state index is 10.5. The SMILES string of the molecule is C[C@@H]1OP(=O)(O)O[C@H]1C. The Morgan fingerprint density at radius 1 is 1.33 bits per heavy atom. The zero-order chi connectivity index (χ0) is 7.07. The fraction of sp³-hybridized carbons (Fsp3) is 1.00. The fourth-order valence-electron chi connectivity index (χ4n) is 0.616. The van der Waals surface area contributed by atoms with Gasteiger partial charge in [0.2, 0.25) is 0 Å². The van der Waals surface area contributed by atoms with Gasteiger partial charge >= 0.3 is 7.82 Å². The normalized spacial score (nSPS) is 41.2. The molecule has 54 valence electrons. The zero-order valence-corrected chi connectivity index (χ0v) is 6.17. The van der Waals surface area contributed by atoms with E-state index in [9.17, 15) is 4.57 Å². The van der Waals surface area contributed by atoms with E-state index in [1.807, 2.05) is 0 Å². The molecule has 0 aromatic carbocycles. The van der Waals surface area contributed by atoms with Crippen LogP contribution in [0.1, 0.15) is 13.8 Å². The third-order valence-electron chi connectivity index (χ3n) is 1.26. The van der Waals surface area contributed by atoms with Crippen molar-refractivity contribution >= 4 is 7.82 Å². The van der Waals surface area contributed by atoms with Crippen LogP contribution in [-0.2, 0) is 13.6 Å².